The number of hydrogen-bond donors (Lipinski definition) is 0. The molecule has 0 radical (unpaired) electrons. The second kappa shape index (κ2) is 9.85. The van der Waals surface area contributed by atoms with Gasteiger partial charge in [0, 0.05) is 27.8 Å². The third-order valence-corrected chi connectivity index (χ3v) is 6.48. The zero-order chi connectivity index (χ0) is 24.2. The molecule has 6 rings (SSSR count). The molecule has 6 aromatic rings. The van der Waals surface area contributed by atoms with Crippen molar-refractivity contribution in [1.82, 2.24) is 4.98 Å². The lowest BCUT2D eigenvalue weighted by atomic mass is 9.83. The molecule has 0 spiro atoms. The Morgan fingerprint density at radius 1 is 0.250 bits per heavy atom. The number of hydrogen-bond acceptors (Lipinski definition) is 1. The van der Waals surface area contributed by atoms with Gasteiger partial charge in [0.15, 0.2) is 0 Å². The Morgan fingerprint density at radius 2 is 0.500 bits per heavy atom. The summed E-state index contributed by atoms with van der Waals surface area (Å²) in [6.45, 7) is 0. The molecule has 0 fully saturated rings. The van der Waals surface area contributed by atoms with Crippen LogP contribution in [0.3, 0.4) is 0 Å². The van der Waals surface area contributed by atoms with Gasteiger partial charge in [-0.3, -0.25) is 0 Å². The maximum Gasteiger partial charge on any atom is 0.0794 e. The molecule has 1 nitrogen and oxygen atoms in total. The van der Waals surface area contributed by atoms with Gasteiger partial charge in [-0.2, -0.15) is 0 Å². The monoisotopic (exact) mass is 459 g/mol. The summed E-state index contributed by atoms with van der Waals surface area (Å²) in [6, 6.07) is 53.1. The standard InChI is InChI=1S/C35H25N/c1-6-16-26(17-7-1)31-32(27-18-8-2-9-19-27)34(29-22-12-4-13-23-29)36-35(30-24-14-5-15-25-30)33(31)28-20-10-3-11-21-28/h1-25H. The Bertz CT molecular complexity index is 1470. The fourth-order valence-corrected chi connectivity index (χ4v) is 4.86. The van der Waals surface area contributed by atoms with Crippen molar-refractivity contribution in [3.63, 3.8) is 0 Å². The van der Waals surface area contributed by atoms with Crippen LogP contribution in [0.25, 0.3) is 55.9 Å². The molecule has 1 aromatic heterocycles. The largest absolute Gasteiger partial charge is 0.246 e. The topological polar surface area (TPSA) is 12.9 Å². The van der Waals surface area contributed by atoms with E-state index in [2.05, 4.69) is 152 Å². The van der Waals surface area contributed by atoms with Gasteiger partial charge in [-0.25, -0.2) is 4.98 Å². The SMILES string of the molecule is c1ccc(-c2nc(-c3ccccc3)c(-c3ccccc3)c(-c3ccccc3)c2-c2ccccc2)cc1. The normalized spacial score (nSPS) is 10.8. The number of aromatic nitrogens is 1. The molecular weight excluding hydrogens is 434 g/mol. The summed E-state index contributed by atoms with van der Waals surface area (Å²) in [7, 11) is 0. The molecule has 0 saturated heterocycles. The fraction of sp³-hybridized carbons (Fsp3) is 0. The predicted molar refractivity (Wildman–Crippen MR) is 151 cm³/mol. The van der Waals surface area contributed by atoms with E-state index in [1.54, 1.807) is 0 Å². The summed E-state index contributed by atoms with van der Waals surface area (Å²) in [5.74, 6) is 0. The summed E-state index contributed by atoms with van der Waals surface area (Å²) < 4.78 is 0. The maximum atomic E-state index is 5.45. The average Bonchev–Trinajstić information content (AvgIpc) is 2.98. The second-order valence-corrected chi connectivity index (χ2v) is 8.76. The second-order valence-electron chi connectivity index (χ2n) is 8.76. The van der Waals surface area contributed by atoms with Crippen molar-refractivity contribution >= 4 is 0 Å². The van der Waals surface area contributed by atoms with Crippen molar-refractivity contribution in [3.8, 4) is 55.9 Å². The first-order chi connectivity index (χ1) is 17.9. The van der Waals surface area contributed by atoms with Gasteiger partial charge in [-0.15, -0.1) is 0 Å². The number of rotatable bonds is 5. The first kappa shape index (κ1) is 21.8. The minimum atomic E-state index is 0.985. The van der Waals surface area contributed by atoms with Crippen molar-refractivity contribution in [3.05, 3.63) is 152 Å². The van der Waals surface area contributed by atoms with Gasteiger partial charge >= 0.3 is 0 Å². The molecule has 170 valence electrons. The molecule has 1 heteroatoms. The van der Waals surface area contributed by atoms with Crippen LogP contribution in [0, 0.1) is 0 Å². The smallest absolute Gasteiger partial charge is 0.0794 e. The van der Waals surface area contributed by atoms with Crippen LogP contribution in [0.15, 0.2) is 152 Å². The summed E-state index contributed by atoms with van der Waals surface area (Å²) in [6.07, 6.45) is 0. The Morgan fingerprint density at radius 3 is 0.806 bits per heavy atom. The van der Waals surface area contributed by atoms with Gasteiger partial charge in [-0.1, -0.05) is 152 Å². The van der Waals surface area contributed by atoms with Crippen molar-refractivity contribution in [2.24, 2.45) is 0 Å². The molecule has 5 aromatic carbocycles. The molecule has 0 unspecified atom stereocenters. The van der Waals surface area contributed by atoms with E-state index in [9.17, 15) is 0 Å². The predicted octanol–water partition coefficient (Wildman–Crippen LogP) is 9.42. The molecule has 0 aliphatic rings. The van der Waals surface area contributed by atoms with Crippen LogP contribution in [0.2, 0.25) is 0 Å². The lowest BCUT2D eigenvalue weighted by Gasteiger charge is -2.23. The first-order valence-corrected chi connectivity index (χ1v) is 12.3. The highest BCUT2D eigenvalue weighted by atomic mass is 14.7. The summed E-state index contributed by atoms with van der Waals surface area (Å²) in [5.41, 5.74) is 11.1. The van der Waals surface area contributed by atoms with Crippen LogP contribution < -0.4 is 0 Å². The molecule has 0 bridgehead atoms. The molecule has 36 heavy (non-hydrogen) atoms. The molecule has 0 atom stereocenters. The fourth-order valence-electron chi connectivity index (χ4n) is 4.86. The van der Waals surface area contributed by atoms with Crippen molar-refractivity contribution < 1.29 is 0 Å². The molecule has 1 heterocycles. The highest BCUT2D eigenvalue weighted by Crippen LogP contribution is 2.48. The Balaban J connectivity index is 1.84. The Kier molecular flexibility index (Phi) is 5.96. The lowest BCUT2D eigenvalue weighted by molar-refractivity contribution is 1.32. The number of benzene rings is 5. The van der Waals surface area contributed by atoms with Crippen LogP contribution >= 0.6 is 0 Å². The Labute approximate surface area is 212 Å². The molecule has 0 aliphatic carbocycles. The van der Waals surface area contributed by atoms with Gasteiger partial charge in [0.05, 0.1) is 11.4 Å². The quantitative estimate of drug-likeness (QED) is 0.250. The summed E-state index contributed by atoms with van der Waals surface area (Å²) >= 11 is 0. The summed E-state index contributed by atoms with van der Waals surface area (Å²) in [5, 5.41) is 0. The van der Waals surface area contributed by atoms with Crippen LogP contribution in [0.1, 0.15) is 0 Å². The van der Waals surface area contributed by atoms with Crippen molar-refractivity contribution in [2.75, 3.05) is 0 Å². The van der Waals surface area contributed by atoms with Gasteiger partial charge < -0.3 is 0 Å². The third-order valence-electron chi connectivity index (χ3n) is 6.48. The molecule has 0 N–H and O–H groups in total. The van der Waals surface area contributed by atoms with E-state index in [0.717, 1.165) is 44.8 Å². The van der Waals surface area contributed by atoms with Gasteiger partial charge in [0.1, 0.15) is 0 Å². The van der Waals surface area contributed by atoms with E-state index in [-0.39, 0.29) is 0 Å². The van der Waals surface area contributed by atoms with Crippen molar-refractivity contribution in [2.45, 2.75) is 0 Å². The van der Waals surface area contributed by atoms with Crippen molar-refractivity contribution in [1.29, 1.82) is 0 Å². The zero-order valence-electron chi connectivity index (χ0n) is 19.9. The lowest BCUT2D eigenvalue weighted by Crippen LogP contribution is -2.01. The van der Waals surface area contributed by atoms with Gasteiger partial charge in [0.2, 0.25) is 0 Å². The minimum Gasteiger partial charge on any atom is -0.246 e. The maximum absolute atomic E-state index is 5.45. The van der Waals surface area contributed by atoms with E-state index < -0.39 is 0 Å². The highest BCUT2D eigenvalue weighted by Gasteiger charge is 2.24. The molecule has 0 amide bonds. The molecule has 0 aliphatic heterocycles. The number of nitrogens with zero attached hydrogens (tertiary/aromatic N) is 1. The minimum absolute atomic E-state index is 0.985. The Hall–Kier alpha value is -4.75. The van der Waals surface area contributed by atoms with Crippen LogP contribution in [0.5, 0.6) is 0 Å². The van der Waals surface area contributed by atoms with Gasteiger partial charge in [-0.05, 0) is 16.7 Å². The van der Waals surface area contributed by atoms with E-state index in [0.29, 0.717) is 0 Å². The highest BCUT2D eigenvalue weighted by molar-refractivity contribution is 6.04. The van der Waals surface area contributed by atoms with Gasteiger partial charge in [0.25, 0.3) is 0 Å². The molecule has 0 saturated carbocycles. The van der Waals surface area contributed by atoms with E-state index in [1.165, 1.54) is 11.1 Å². The van der Waals surface area contributed by atoms with E-state index >= 15 is 0 Å². The van der Waals surface area contributed by atoms with Crippen LogP contribution in [-0.4, -0.2) is 4.98 Å². The van der Waals surface area contributed by atoms with Crippen LogP contribution in [-0.2, 0) is 0 Å². The zero-order valence-corrected chi connectivity index (χ0v) is 19.9. The first-order valence-electron chi connectivity index (χ1n) is 12.3. The molecular formula is C35H25N. The van der Waals surface area contributed by atoms with E-state index in [1.807, 2.05) is 0 Å². The summed E-state index contributed by atoms with van der Waals surface area (Å²) in [4.78, 5) is 5.45. The van der Waals surface area contributed by atoms with E-state index in [4.69, 9.17) is 4.98 Å². The van der Waals surface area contributed by atoms with Crippen LogP contribution in [0.4, 0.5) is 0 Å². The number of pyridine rings is 1. The third kappa shape index (κ3) is 4.12. The average molecular weight is 460 g/mol.